The summed E-state index contributed by atoms with van der Waals surface area (Å²) in [6, 6.07) is 6.30. The molecule has 1 aromatic rings. The van der Waals surface area contributed by atoms with Crippen LogP contribution in [0.15, 0.2) is 29.3 Å². The Balaban J connectivity index is 2.69. The summed E-state index contributed by atoms with van der Waals surface area (Å²) in [5.74, 6) is -0.935. The highest BCUT2D eigenvalue weighted by atomic mass is 35.5. The molecule has 1 aromatic carbocycles. The minimum absolute atomic E-state index is 0.647. The van der Waals surface area contributed by atoms with Gasteiger partial charge in [0.15, 0.2) is 0 Å². The molecular weight excluding hydrogens is 202 g/mol. The van der Waals surface area contributed by atoms with Crippen LogP contribution in [0.3, 0.4) is 0 Å². The van der Waals surface area contributed by atoms with Gasteiger partial charge in [-0.25, -0.2) is 4.79 Å². The first kappa shape index (κ1) is 10.7. The van der Waals surface area contributed by atoms with Crippen molar-refractivity contribution in [2.75, 3.05) is 0 Å². The van der Waals surface area contributed by atoms with E-state index in [0.29, 0.717) is 5.02 Å². The molecule has 14 heavy (non-hydrogen) atoms. The molecular formula is C10H10ClNO2. The number of benzene rings is 1. The summed E-state index contributed by atoms with van der Waals surface area (Å²) in [5.41, 5.74) is 0.836. The maximum atomic E-state index is 10.4. The number of carboxylic acids is 1. The van der Waals surface area contributed by atoms with Crippen LogP contribution in [0.1, 0.15) is 12.5 Å². The fraction of sp³-hybridized carbons (Fsp3) is 0.200. The van der Waals surface area contributed by atoms with E-state index in [1.54, 1.807) is 24.3 Å². The topological polar surface area (TPSA) is 49.7 Å². The van der Waals surface area contributed by atoms with Crippen LogP contribution in [-0.4, -0.2) is 23.3 Å². The number of aliphatic carboxylic acids is 1. The normalized spacial score (nSPS) is 13.0. The second-order valence-corrected chi connectivity index (χ2v) is 3.28. The van der Waals surface area contributed by atoms with E-state index in [2.05, 4.69) is 4.99 Å². The SMILES string of the molecule is CC(/N=C/c1ccc(Cl)cc1)C(=O)O. The van der Waals surface area contributed by atoms with E-state index in [1.165, 1.54) is 13.1 Å². The lowest BCUT2D eigenvalue weighted by molar-refractivity contribution is -0.137. The Morgan fingerprint density at radius 2 is 2.07 bits per heavy atom. The number of carboxylic acid groups (broad SMARTS) is 1. The first-order valence-corrected chi connectivity index (χ1v) is 4.49. The van der Waals surface area contributed by atoms with Gasteiger partial charge in [-0.2, -0.15) is 0 Å². The van der Waals surface area contributed by atoms with E-state index >= 15 is 0 Å². The average molecular weight is 212 g/mol. The van der Waals surface area contributed by atoms with Crippen LogP contribution in [0.5, 0.6) is 0 Å². The van der Waals surface area contributed by atoms with Gasteiger partial charge in [-0.15, -0.1) is 0 Å². The van der Waals surface area contributed by atoms with Crippen LogP contribution in [0.25, 0.3) is 0 Å². The largest absolute Gasteiger partial charge is 0.480 e. The summed E-state index contributed by atoms with van der Waals surface area (Å²) in [7, 11) is 0. The van der Waals surface area contributed by atoms with Gasteiger partial charge in [0, 0.05) is 11.2 Å². The molecule has 0 aliphatic rings. The van der Waals surface area contributed by atoms with Gasteiger partial charge in [-0.1, -0.05) is 23.7 Å². The van der Waals surface area contributed by atoms with Crippen molar-refractivity contribution in [1.29, 1.82) is 0 Å². The standard InChI is InChI=1S/C10H10ClNO2/c1-7(10(13)14)12-6-8-2-4-9(11)5-3-8/h2-7H,1H3,(H,13,14)/b12-6+. The van der Waals surface area contributed by atoms with Crippen molar-refractivity contribution in [3.05, 3.63) is 34.9 Å². The highest BCUT2D eigenvalue weighted by molar-refractivity contribution is 6.30. The molecule has 1 atom stereocenters. The first-order valence-electron chi connectivity index (χ1n) is 4.11. The lowest BCUT2D eigenvalue weighted by Gasteiger charge is -1.97. The zero-order valence-corrected chi connectivity index (χ0v) is 8.40. The van der Waals surface area contributed by atoms with E-state index in [-0.39, 0.29) is 0 Å². The van der Waals surface area contributed by atoms with Crippen LogP contribution >= 0.6 is 11.6 Å². The van der Waals surface area contributed by atoms with Gasteiger partial charge >= 0.3 is 5.97 Å². The molecule has 0 aliphatic carbocycles. The fourth-order valence-electron chi connectivity index (χ4n) is 0.810. The van der Waals surface area contributed by atoms with Gasteiger partial charge in [0.2, 0.25) is 0 Å². The molecule has 3 nitrogen and oxygen atoms in total. The number of nitrogens with zero attached hydrogens (tertiary/aromatic N) is 1. The van der Waals surface area contributed by atoms with Crippen LogP contribution in [0, 0.1) is 0 Å². The summed E-state index contributed by atoms with van der Waals surface area (Å²) >= 11 is 5.69. The number of hydrogen-bond donors (Lipinski definition) is 1. The highest BCUT2D eigenvalue weighted by Crippen LogP contribution is 2.08. The van der Waals surface area contributed by atoms with Crippen LogP contribution < -0.4 is 0 Å². The van der Waals surface area contributed by atoms with Crippen molar-refractivity contribution in [2.24, 2.45) is 4.99 Å². The molecule has 1 unspecified atom stereocenters. The molecule has 74 valence electrons. The Labute approximate surface area is 87.0 Å². The maximum absolute atomic E-state index is 10.4. The number of rotatable bonds is 3. The monoisotopic (exact) mass is 211 g/mol. The minimum atomic E-state index is -0.935. The molecule has 0 aromatic heterocycles. The molecule has 4 heteroatoms. The van der Waals surface area contributed by atoms with E-state index in [9.17, 15) is 4.79 Å². The third-order valence-corrected chi connectivity index (χ3v) is 1.93. The summed E-state index contributed by atoms with van der Waals surface area (Å²) < 4.78 is 0. The Bertz CT molecular complexity index is 346. The molecule has 0 bridgehead atoms. The number of halogens is 1. The highest BCUT2D eigenvalue weighted by Gasteiger charge is 2.06. The second kappa shape index (κ2) is 4.77. The van der Waals surface area contributed by atoms with E-state index in [4.69, 9.17) is 16.7 Å². The van der Waals surface area contributed by atoms with Crippen LogP contribution in [0.2, 0.25) is 5.02 Å². The van der Waals surface area contributed by atoms with Crippen molar-refractivity contribution in [2.45, 2.75) is 13.0 Å². The van der Waals surface area contributed by atoms with Gasteiger partial charge in [-0.05, 0) is 24.6 Å². The Morgan fingerprint density at radius 3 is 2.57 bits per heavy atom. The van der Waals surface area contributed by atoms with Gasteiger partial charge in [0.25, 0.3) is 0 Å². The van der Waals surface area contributed by atoms with Crippen molar-refractivity contribution in [3.63, 3.8) is 0 Å². The second-order valence-electron chi connectivity index (χ2n) is 2.84. The predicted molar refractivity (Wildman–Crippen MR) is 56.1 cm³/mol. The number of hydrogen-bond acceptors (Lipinski definition) is 2. The Morgan fingerprint density at radius 1 is 1.50 bits per heavy atom. The third kappa shape index (κ3) is 3.18. The maximum Gasteiger partial charge on any atom is 0.328 e. The Hall–Kier alpha value is -1.35. The fourth-order valence-corrected chi connectivity index (χ4v) is 0.936. The molecule has 0 spiro atoms. The molecule has 1 N–H and O–H groups in total. The van der Waals surface area contributed by atoms with Crippen LogP contribution in [-0.2, 0) is 4.79 Å². The van der Waals surface area contributed by atoms with Gasteiger partial charge in [0.05, 0.1) is 0 Å². The molecule has 1 rings (SSSR count). The summed E-state index contributed by atoms with van der Waals surface area (Å²) in [4.78, 5) is 14.3. The molecule has 0 heterocycles. The lowest BCUT2D eigenvalue weighted by Crippen LogP contribution is -2.12. The third-order valence-electron chi connectivity index (χ3n) is 1.67. The van der Waals surface area contributed by atoms with E-state index in [1.807, 2.05) is 0 Å². The smallest absolute Gasteiger partial charge is 0.328 e. The summed E-state index contributed by atoms with van der Waals surface area (Å²) in [6.07, 6.45) is 1.52. The van der Waals surface area contributed by atoms with Crippen molar-refractivity contribution >= 4 is 23.8 Å². The summed E-state index contributed by atoms with van der Waals surface area (Å²) in [6.45, 7) is 1.52. The predicted octanol–water partition coefficient (Wildman–Crippen LogP) is 2.23. The quantitative estimate of drug-likeness (QED) is 0.780. The van der Waals surface area contributed by atoms with E-state index in [0.717, 1.165) is 5.56 Å². The van der Waals surface area contributed by atoms with Crippen molar-refractivity contribution in [3.8, 4) is 0 Å². The van der Waals surface area contributed by atoms with Gasteiger partial charge in [0.1, 0.15) is 6.04 Å². The molecule has 0 amide bonds. The van der Waals surface area contributed by atoms with Crippen molar-refractivity contribution in [1.82, 2.24) is 0 Å². The minimum Gasteiger partial charge on any atom is -0.480 e. The molecule has 0 radical (unpaired) electrons. The molecule has 0 fully saturated rings. The van der Waals surface area contributed by atoms with Gasteiger partial charge < -0.3 is 5.11 Å². The lowest BCUT2D eigenvalue weighted by atomic mass is 10.2. The zero-order chi connectivity index (χ0) is 10.6. The van der Waals surface area contributed by atoms with Crippen molar-refractivity contribution < 1.29 is 9.90 Å². The average Bonchev–Trinajstić information content (AvgIpc) is 2.16. The van der Waals surface area contributed by atoms with E-state index < -0.39 is 12.0 Å². The first-order chi connectivity index (χ1) is 6.59. The van der Waals surface area contributed by atoms with Crippen LogP contribution in [0.4, 0.5) is 0 Å². The summed E-state index contributed by atoms with van der Waals surface area (Å²) in [5, 5.41) is 9.22. The molecule has 0 saturated carbocycles. The number of aliphatic imine (C=N–C) groups is 1. The zero-order valence-electron chi connectivity index (χ0n) is 7.64. The molecule has 0 saturated heterocycles. The Kier molecular flexibility index (Phi) is 3.65. The van der Waals surface area contributed by atoms with Gasteiger partial charge in [-0.3, -0.25) is 4.99 Å². The number of carbonyl (C=O) groups is 1. The molecule has 0 aliphatic heterocycles.